The Bertz CT molecular complexity index is 1380. The lowest BCUT2D eigenvalue weighted by Crippen LogP contribution is -2.39. The summed E-state index contributed by atoms with van der Waals surface area (Å²) in [7, 11) is -0.742. The summed E-state index contributed by atoms with van der Waals surface area (Å²) in [6, 6.07) is 12.5. The van der Waals surface area contributed by atoms with Gasteiger partial charge in [0.25, 0.3) is 0 Å². The molecule has 6 heteroatoms. The van der Waals surface area contributed by atoms with Crippen LogP contribution in [0.4, 0.5) is 20.2 Å². The highest BCUT2D eigenvalue weighted by molar-refractivity contribution is 8.29. The van der Waals surface area contributed by atoms with Crippen LogP contribution in [0.2, 0.25) is 0 Å². The first-order valence-corrected chi connectivity index (χ1v) is 15.2. The molecule has 2 aromatic carbocycles. The Morgan fingerprint density at radius 3 is 2.78 bits per heavy atom. The van der Waals surface area contributed by atoms with E-state index in [2.05, 4.69) is 33.7 Å². The molecule has 0 radical (unpaired) electrons. The van der Waals surface area contributed by atoms with Crippen LogP contribution >= 0.6 is 9.21 Å². The number of nitrogens with zero attached hydrogens (tertiary/aromatic N) is 1. The van der Waals surface area contributed by atoms with Crippen LogP contribution in [0.3, 0.4) is 0 Å². The molecule has 0 aromatic heterocycles. The van der Waals surface area contributed by atoms with Crippen molar-refractivity contribution in [2.45, 2.75) is 57.7 Å². The van der Waals surface area contributed by atoms with Gasteiger partial charge in [-0.25, -0.2) is 18.0 Å². The number of halogens is 2. The molecule has 2 N–H and O–H groups in total. The fourth-order valence-corrected chi connectivity index (χ4v) is 9.87. The van der Waals surface area contributed by atoms with Crippen LogP contribution in [-0.4, -0.2) is 39.7 Å². The maximum atomic E-state index is 14.5. The van der Waals surface area contributed by atoms with Gasteiger partial charge in [-0.15, -0.1) is 0 Å². The van der Waals surface area contributed by atoms with Crippen LogP contribution in [-0.2, 0) is 13.0 Å². The summed E-state index contributed by atoms with van der Waals surface area (Å²) in [6.07, 6.45) is 8.53. The maximum Gasteiger partial charge on any atom is 0.141 e. The first-order chi connectivity index (χ1) is 17.4. The molecule has 0 spiro atoms. The molecule has 3 aliphatic heterocycles. The van der Waals surface area contributed by atoms with E-state index in [4.69, 9.17) is 5.87 Å². The fourth-order valence-electron chi connectivity index (χ4n) is 6.18. The molecule has 1 saturated heterocycles. The van der Waals surface area contributed by atoms with E-state index in [0.29, 0.717) is 6.04 Å². The smallest absolute Gasteiger partial charge is 0.141 e. The van der Waals surface area contributed by atoms with E-state index in [-0.39, 0.29) is 0 Å². The van der Waals surface area contributed by atoms with Crippen LogP contribution in [0.25, 0.3) is 0 Å². The third-order valence-corrected chi connectivity index (χ3v) is 12.2. The second kappa shape index (κ2) is 9.38. The number of anilines is 2. The summed E-state index contributed by atoms with van der Waals surface area (Å²) >= 11 is 0. The maximum absolute atomic E-state index is 14.5. The van der Waals surface area contributed by atoms with Crippen molar-refractivity contribution in [2.75, 3.05) is 23.4 Å². The van der Waals surface area contributed by atoms with Crippen LogP contribution in [0, 0.1) is 6.92 Å². The van der Waals surface area contributed by atoms with Crippen molar-refractivity contribution in [3.05, 3.63) is 82.6 Å². The van der Waals surface area contributed by atoms with Crippen molar-refractivity contribution in [2.24, 2.45) is 0 Å². The summed E-state index contributed by atoms with van der Waals surface area (Å²) in [5.41, 5.74) is 6.57. The molecule has 3 atom stereocenters. The average molecular weight is 508 g/mol. The normalized spacial score (nSPS) is 28.0. The van der Waals surface area contributed by atoms with Gasteiger partial charge in [0.2, 0.25) is 0 Å². The van der Waals surface area contributed by atoms with Gasteiger partial charge in [-0.05, 0) is 91.0 Å². The van der Waals surface area contributed by atoms with Gasteiger partial charge in [0.05, 0.1) is 0 Å². The van der Waals surface area contributed by atoms with Crippen LogP contribution in [0.5, 0.6) is 0 Å². The highest BCUT2D eigenvalue weighted by Gasteiger charge is 2.32. The molecule has 2 aromatic rings. The van der Waals surface area contributed by atoms with Gasteiger partial charge in [-0.2, -0.15) is 0 Å². The van der Waals surface area contributed by atoms with Crippen molar-refractivity contribution in [3.8, 4) is 0 Å². The van der Waals surface area contributed by atoms with Gasteiger partial charge < -0.3 is 10.6 Å². The van der Waals surface area contributed by atoms with E-state index < -0.39 is 26.9 Å². The summed E-state index contributed by atoms with van der Waals surface area (Å²) < 4.78 is 27.9. The van der Waals surface area contributed by atoms with E-state index in [9.17, 15) is 8.78 Å². The summed E-state index contributed by atoms with van der Waals surface area (Å²) in [5, 5.41) is 6.45. The first kappa shape index (κ1) is 23.8. The molecule has 0 bridgehead atoms. The molecular weight excluding hydrogens is 472 g/mol. The minimum atomic E-state index is -0.742. The zero-order chi connectivity index (χ0) is 24.9. The van der Waals surface area contributed by atoms with Gasteiger partial charge in [0.1, 0.15) is 17.7 Å². The van der Waals surface area contributed by atoms with Gasteiger partial charge in [0, 0.05) is 42.8 Å². The van der Waals surface area contributed by atoms with Crippen molar-refractivity contribution in [1.29, 1.82) is 0 Å². The number of aryl methyl sites for hydroxylation is 1. The molecule has 1 saturated carbocycles. The second-order valence-corrected chi connectivity index (χ2v) is 14.2. The van der Waals surface area contributed by atoms with Crippen LogP contribution in [0.1, 0.15) is 54.0 Å². The van der Waals surface area contributed by atoms with Crippen molar-refractivity contribution in [1.82, 2.24) is 10.2 Å². The Morgan fingerprint density at radius 2 is 2.00 bits per heavy atom. The quantitative estimate of drug-likeness (QED) is 0.447. The lowest BCUT2D eigenvalue weighted by molar-refractivity contribution is 0.195. The zero-order valence-corrected chi connectivity index (χ0v) is 21.8. The summed E-state index contributed by atoms with van der Waals surface area (Å²) in [5.74, 6) is 6.26. The van der Waals surface area contributed by atoms with E-state index >= 15 is 0 Å². The molecule has 3 nitrogen and oxygen atoms in total. The van der Waals surface area contributed by atoms with Gasteiger partial charge in [-0.1, -0.05) is 28.9 Å². The lowest BCUT2D eigenvalue weighted by atomic mass is 9.95. The number of dihydropyridines is 1. The monoisotopic (exact) mass is 507 g/mol. The predicted molar refractivity (Wildman–Crippen MR) is 151 cm³/mol. The number of fused-ring (bicyclic) bond motifs is 1. The molecule has 0 amide bonds. The largest absolute Gasteiger partial charge is 0.376 e. The Labute approximate surface area is 213 Å². The summed E-state index contributed by atoms with van der Waals surface area (Å²) in [6.45, 7) is 4.04. The number of rotatable bonds is 4. The fraction of sp³-hybridized carbons (Fsp3) is 0.400. The number of benzene rings is 2. The van der Waals surface area contributed by atoms with E-state index in [1.165, 1.54) is 54.5 Å². The minimum absolute atomic E-state index is 0.511. The van der Waals surface area contributed by atoms with Crippen LogP contribution < -0.4 is 10.6 Å². The Balaban J connectivity index is 1.20. The first-order valence-electron chi connectivity index (χ1n) is 13.1. The highest BCUT2D eigenvalue weighted by Crippen LogP contribution is 2.42. The molecule has 3 unspecified atom stereocenters. The molecule has 36 heavy (non-hydrogen) atoms. The van der Waals surface area contributed by atoms with E-state index in [1.54, 1.807) is 4.86 Å². The SMILES string of the molecule is C=S1(=C2CCC2)CCC(N2CCc3c(cccc3Nc3ccc(C)c(C4NC=C(F)C=C4F)c3)C2)C1. The molecule has 3 heterocycles. The number of hydrogen-bond acceptors (Lipinski definition) is 3. The lowest BCUT2D eigenvalue weighted by Gasteiger charge is -2.35. The van der Waals surface area contributed by atoms with E-state index in [1.807, 2.05) is 25.1 Å². The zero-order valence-electron chi connectivity index (χ0n) is 21.0. The molecule has 190 valence electrons. The third kappa shape index (κ3) is 4.39. The third-order valence-electron chi connectivity index (χ3n) is 8.50. The van der Waals surface area contributed by atoms with Gasteiger partial charge in [-0.3, -0.25) is 4.90 Å². The van der Waals surface area contributed by atoms with Gasteiger partial charge >= 0.3 is 0 Å². The van der Waals surface area contributed by atoms with Crippen molar-refractivity contribution >= 4 is 31.3 Å². The Hall–Kier alpha value is -2.57. The molecule has 6 rings (SSSR count). The van der Waals surface area contributed by atoms with E-state index in [0.717, 1.165) is 48.1 Å². The Kier molecular flexibility index (Phi) is 6.21. The van der Waals surface area contributed by atoms with Gasteiger partial charge in [0.15, 0.2) is 0 Å². The van der Waals surface area contributed by atoms with Crippen molar-refractivity contribution in [3.63, 3.8) is 0 Å². The highest BCUT2D eigenvalue weighted by atomic mass is 32.2. The topological polar surface area (TPSA) is 27.3 Å². The number of nitrogens with one attached hydrogen (secondary N) is 2. The van der Waals surface area contributed by atoms with Crippen LogP contribution in [0.15, 0.2) is 60.3 Å². The average Bonchev–Trinajstić information content (AvgIpc) is 3.21. The Morgan fingerprint density at radius 1 is 1.14 bits per heavy atom. The summed E-state index contributed by atoms with van der Waals surface area (Å²) in [4.78, 5) is 4.50. The molecular formula is C30H35F2N3S. The number of hydrogen-bond donors (Lipinski definition) is 2. The number of allylic oxidation sites excluding steroid dienone is 2. The molecule has 2 fully saturated rings. The standard InChI is InChI=1S/C30H35F2N3S/c1-20-9-10-23(16-27(20)30-28(32)15-22(31)17-33-30)34-29-8-3-5-21-18-35(13-11-26(21)29)24-12-14-36(2,19-24)25-6-4-7-25/h3,5,8-10,15-17,24,30,33-34H,2,4,6-7,11-14,18-19H2,1H3. The minimum Gasteiger partial charge on any atom is -0.376 e. The molecule has 4 aliphatic rings. The molecule has 1 aliphatic carbocycles. The predicted octanol–water partition coefficient (Wildman–Crippen LogP) is 6.77. The van der Waals surface area contributed by atoms with Crippen molar-refractivity contribution < 1.29 is 8.78 Å². The second-order valence-electron chi connectivity index (χ2n) is 10.8.